The molecule has 6 heteroatoms. The van der Waals surface area contributed by atoms with Gasteiger partial charge in [0, 0.05) is 13.6 Å². The van der Waals surface area contributed by atoms with E-state index >= 15 is 0 Å². The van der Waals surface area contributed by atoms with E-state index in [2.05, 4.69) is 34.1 Å². The Hall–Kier alpha value is -1.36. The predicted octanol–water partition coefficient (Wildman–Crippen LogP) is 2.18. The summed E-state index contributed by atoms with van der Waals surface area (Å²) in [4.78, 5) is 12.5. The van der Waals surface area contributed by atoms with Crippen molar-refractivity contribution < 1.29 is 0 Å². The van der Waals surface area contributed by atoms with Gasteiger partial charge in [-0.2, -0.15) is 9.97 Å². The van der Waals surface area contributed by atoms with Gasteiger partial charge in [-0.3, -0.25) is 0 Å². The number of fused-ring (bicyclic) bond motifs is 1. The number of imidazole rings is 1. The van der Waals surface area contributed by atoms with Crippen LogP contribution in [0.15, 0.2) is 6.33 Å². The van der Waals surface area contributed by atoms with Crippen molar-refractivity contribution in [3.63, 3.8) is 0 Å². The van der Waals surface area contributed by atoms with E-state index in [1.165, 1.54) is 0 Å². The molecule has 2 aromatic heterocycles. The lowest BCUT2D eigenvalue weighted by Crippen LogP contribution is -2.05. The Kier molecular flexibility index (Phi) is 2.96. The highest BCUT2D eigenvalue weighted by molar-refractivity contribution is 6.28. The first-order valence-electron chi connectivity index (χ1n) is 5.18. The molecule has 0 amide bonds. The third-order valence-electron chi connectivity index (χ3n) is 2.24. The Morgan fingerprint density at radius 2 is 2.19 bits per heavy atom. The second kappa shape index (κ2) is 4.25. The highest BCUT2D eigenvalue weighted by atomic mass is 35.5. The molecule has 0 aromatic carbocycles. The molecule has 0 fully saturated rings. The summed E-state index contributed by atoms with van der Waals surface area (Å²) in [6, 6.07) is 0. The summed E-state index contributed by atoms with van der Waals surface area (Å²) in [6.07, 6.45) is 1.77. The van der Waals surface area contributed by atoms with Crippen LogP contribution < -0.4 is 5.32 Å². The minimum atomic E-state index is 0.214. The van der Waals surface area contributed by atoms with E-state index in [-0.39, 0.29) is 5.28 Å². The van der Waals surface area contributed by atoms with Gasteiger partial charge in [0.15, 0.2) is 11.5 Å². The highest BCUT2D eigenvalue weighted by Crippen LogP contribution is 2.21. The van der Waals surface area contributed by atoms with Crippen molar-refractivity contribution >= 4 is 28.6 Å². The molecule has 0 atom stereocenters. The van der Waals surface area contributed by atoms with Gasteiger partial charge in [-0.25, -0.2) is 4.98 Å². The normalized spacial score (nSPS) is 11.3. The smallest absolute Gasteiger partial charge is 0.226 e. The molecule has 16 heavy (non-hydrogen) atoms. The van der Waals surface area contributed by atoms with E-state index in [1.807, 2.05) is 11.6 Å². The second-order valence-electron chi connectivity index (χ2n) is 4.05. The zero-order valence-electron chi connectivity index (χ0n) is 9.53. The van der Waals surface area contributed by atoms with Crippen molar-refractivity contribution in [2.75, 3.05) is 12.4 Å². The Morgan fingerprint density at radius 3 is 2.81 bits per heavy atom. The minimum Gasteiger partial charge on any atom is -0.371 e. The van der Waals surface area contributed by atoms with Gasteiger partial charge < -0.3 is 9.88 Å². The van der Waals surface area contributed by atoms with E-state index in [1.54, 1.807) is 6.33 Å². The highest BCUT2D eigenvalue weighted by Gasteiger charge is 2.12. The standard InChI is InChI=1S/C10H14ClN5/c1-6(2)4-16-5-13-9-7(16)8(12-3)14-10(11)15-9/h5-6H,4H2,1-3H3,(H,12,14,15). The topological polar surface area (TPSA) is 55.6 Å². The third kappa shape index (κ3) is 1.95. The molecular weight excluding hydrogens is 226 g/mol. The van der Waals surface area contributed by atoms with E-state index < -0.39 is 0 Å². The van der Waals surface area contributed by atoms with E-state index in [4.69, 9.17) is 11.6 Å². The molecule has 0 bridgehead atoms. The molecule has 0 aliphatic carbocycles. The molecule has 86 valence electrons. The molecule has 0 saturated carbocycles. The lowest BCUT2D eigenvalue weighted by Gasteiger charge is -2.09. The molecule has 0 spiro atoms. The molecule has 0 unspecified atom stereocenters. The van der Waals surface area contributed by atoms with Crippen LogP contribution in [0.1, 0.15) is 13.8 Å². The first-order valence-corrected chi connectivity index (χ1v) is 5.55. The molecule has 2 aromatic rings. The summed E-state index contributed by atoms with van der Waals surface area (Å²) in [7, 11) is 1.81. The Labute approximate surface area is 98.9 Å². The van der Waals surface area contributed by atoms with Crippen LogP contribution in [0.4, 0.5) is 5.82 Å². The maximum absolute atomic E-state index is 5.81. The number of aromatic nitrogens is 4. The number of anilines is 1. The van der Waals surface area contributed by atoms with Crippen molar-refractivity contribution in [2.45, 2.75) is 20.4 Å². The van der Waals surface area contributed by atoms with Gasteiger partial charge in [0.2, 0.25) is 5.28 Å². The van der Waals surface area contributed by atoms with Crippen molar-refractivity contribution in [3.8, 4) is 0 Å². The second-order valence-corrected chi connectivity index (χ2v) is 4.39. The average molecular weight is 240 g/mol. The Morgan fingerprint density at radius 1 is 1.44 bits per heavy atom. The van der Waals surface area contributed by atoms with Gasteiger partial charge in [-0.05, 0) is 17.5 Å². The summed E-state index contributed by atoms with van der Waals surface area (Å²) in [5, 5.41) is 3.23. The lowest BCUT2D eigenvalue weighted by molar-refractivity contribution is 0.533. The Balaban J connectivity index is 2.60. The number of hydrogen-bond donors (Lipinski definition) is 1. The monoisotopic (exact) mass is 239 g/mol. The van der Waals surface area contributed by atoms with Crippen LogP contribution >= 0.6 is 11.6 Å². The summed E-state index contributed by atoms with van der Waals surface area (Å²) in [5.74, 6) is 1.26. The third-order valence-corrected chi connectivity index (χ3v) is 2.41. The zero-order valence-corrected chi connectivity index (χ0v) is 10.3. The molecule has 2 heterocycles. The fourth-order valence-electron chi connectivity index (χ4n) is 1.66. The molecule has 1 N–H and O–H groups in total. The fraction of sp³-hybridized carbons (Fsp3) is 0.500. The van der Waals surface area contributed by atoms with Gasteiger partial charge in [-0.15, -0.1) is 0 Å². The molecule has 0 aliphatic heterocycles. The number of hydrogen-bond acceptors (Lipinski definition) is 4. The van der Waals surface area contributed by atoms with Crippen LogP contribution in [-0.2, 0) is 6.54 Å². The van der Waals surface area contributed by atoms with Crippen LogP contribution in [-0.4, -0.2) is 26.6 Å². The quantitative estimate of drug-likeness (QED) is 0.835. The van der Waals surface area contributed by atoms with Gasteiger partial charge in [0.25, 0.3) is 0 Å². The van der Waals surface area contributed by atoms with Gasteiger partial charge in [0.1, 0.15) is 5.52 Å². The van der Waals surface area contributed by atoms with Crippen molar-refractivity contribution in [1.29, 1.82) is 0 Å². The van der Waals surface area contributed by atoms with Crippen LogP contribution in [0.2, 0.25) is 5.28 Å². The molecule has 0 saturated heterocycles. The average Bonchev–Trinajstić information content (AvgIpc) is 2.59. The maximum Gasteiger partial charge on any atom is 0.226 e. The Bertz CT molecular complexity index is 505. The molecule has 0 aliphatic rings. The van der Waals surface area contributed by atoms with E-state index in [0.29, 0.717) is 17.4 Å². The van der Waals surface area contributed by atoms with E-state index in [0.717, 1.165) is 12.1 Å². The summed E-state index contributed by atoms with van der Waals surface area (Å²) >= 11 is 5.81. The van der Waals surface area contributed by atoms with Crippen LogP contribution in [0, 0.1) is 5.92 Å². The lowest BCUT2D eigenvalue weighted by atomic mass is 10.2. The van der Waals surface area contributed by atoms with Gasteiger partial charge in [0.05, 0.1) is 6.33 Å². The number of halogens is 1. The van der Waals surface area contributed by atoms with Crippen molar-refractivity contribution in [3.05, 3.63) is 11.6 Å². The van der Waals surface area contributed by atoms with E-state index in [9.17, 15) is 0 Å². The van der Waals surface area contributed by atoms with Crippen LogP contribution in [0.3, 0.4) is 0 Å². The number of rotatable bonds is 3. The zero-order chi connectivity index (χ0) is 11.7. The van der Waals surface area contributed by atoms with Crippen LogP contribution in [0.25, 0.3) is 11.2 Å². The summed E-state index contributed by atoms with van der Waals surface area (Å²) < 4.78 is 2.04. The number of nitrogens with zero attached hydrogens (tertiary/aromatic N) is 4. The predicted molar refractivity (Wildman–Crippen MR) is 64.7 cm³/mol. The van der Waals surface area contributed by atoms with Gasteiger partial charge >= 0.3 is 0 Å². The first-order chi connectivity index (χ1) is 7.61. The van der Waals surface area contributed by atoms with Crippen LogP contribution in [0.5, 0.6) is 0 Å². The largest absolute Gasteiger partial charge is 0.371 e. The van der Waals surface area contributed by atoms with Gasteiger partial charge in [-0.1, -0.05) is 13.8 Å². The fourth-order valence-corrected chi connectivity index (χ4v) is 1.82. The summed E-state index contributed by atoms with van der Waals surface area (Å²) in [6.45, 7) is 5.19. The molecule has 0 radical (unpaired) electrons. The summed E-state index contributed by atoms with van der Waals surface area (Å²) in [5.41, 5.74) is 1.53. The molecule has 5 nitrogen and oxygen atoms in total. The van der Waals surface area contributed by atoms with Crippen molar-refractivity contribution in [2.24, 2.45) is 5.92 Å². The first kappa shape index (κ1) is 11.1. The van der Waals surface area contributed by atoms with Crippen molar-refractivity contribution in [1.82, 2.24) is 19.5 Å². The minimum absolute atomic E-state index is 0.214. The SMILES string of the molecule is CNc1nc(Cl)nc2ncn(CC(C)C)c12. The molecule has 2 rings (SSSR count). The maximum atomic E-state index is 5.81. The number of nitrogens with one attached hydrogen (secondary N) is 1. The molecular formula is C10H14ClN5.